The van der Waals surface area contributed by atoms with Crippen molar-refractivity contribution in [1.82, 2.24) is 15.0 Å². The van der Waals surface area contributed by atoms with E-state index >= 15 is 0 Å². The molecule has 0 aliphatic carbocycles. The lowest BCUT2D eigenvalue weighted by atomic mass is 10.0. The zero-order chi connectivity index (χ0) is 18.6. The number of likely N-dealkylation sites (tertiary alicyclic amines) is 1. The first kappa shape index (κ1) is 17.5. The Hall–Kier alpha value is -2.86. The molecule has 138 valence electrons. The first-order valence-corrected chi connectivity index (χ1v) is 9.31. The summed E-state index contributed by atoms with van der Waals surface area (Å²) < 4.78 is 5.50. The minimum atomic E-state index is -0.233. The van der Waals surface area contributed by atoms with Crippen LogP contribution in [0.25, 0.3) is 11.4 Å². The number of aromatic nitrogens is 2. The summed E-state index contributed by atoms with van der Waals surface area (Å²) >= 11 is 6.00. The van der Waals surface area contributed by atoms with Crippen molar-refractivity contribution in [2.45, 2.75) is 25.3 Å². The largest absolute Gasteiger partial charge is 0.337 e. The first-order valence-electron chi connectivity index (χ1n) is 8.93. The van der Waals surface area contributed by atoms with Gasteiger partial charge in [-0.05, 0) is 37.5 Å². The Morgan fingerprint density at radius 1 is 1.15 bits per heavy atom. The standard InChI is InChI=1S/C20H19ClN4O2/c21-15-9-6-10-16(13-15)22-20(26)25-12-5-4-11-17(25)19-23-18(24-27-19)14-7-2-1-3-8-14/h1-3,6-10,13,17H,4-5,11-12H2,(H,22,26)/t17-/m1/s1. The van der Waals surface area contributed by atoms with E-state index in [-0.39, 0.29) is 12.1 Å². The molecule has 0 unspecified atom stereocenters. The molecule has 3 aromatic rings. The Labute approximate surface area is 162 Å². The van der Waals surface area contributed by atoms with E-state index in [1.54, 1.807) is 23.1 Å². The summed E-state index contributed by atoms with van der Waals surface area (Å²) in [5.41, 5.74) is 1.55. The van der Waals surface area contributed by atoms with Gasteiger partial charge in [-0.25, -0.2) is 4.79 Å². The van der Waals surface area contributed by atoms with Crippen LogP contribution in [0, 0.1) is 0 Å². The molecular weight excluding hydrogens is 364 g/mol. The number of hydrogen-bond acceptors (Lipinski definition) is 4. The van der Waals surface area contributed by atoms with Gasteiger partial charge < -0.3 is 14.7 Å². The van der Waals surface area contributed by atoms with Crippen LogP contribution in [-0.4, -0.2) is 27.6 Å². The van der Waals surface area contributed by atoms with Gasteiger partial charge in [-0.1, -0.05) is 53.2 Å². The average Bonchev–Trinajstić information content (AvgIpc) is 3.19. The Morgan fingerprint density at radius 3 is 2.81 bits per heavy atom. The predicted octanol–water partition coefficient (Wildman–Crippen LogP) is 5.15. The van der Waals surface area contributed by atoms with E-state index < -0.39 is 0 Å². The number of piperidine rings is 1. The van der Waals surface area contributed by atoms with Crippen LogP contribution in [0.5, 0.6) is 0 Å². The van der Waals surface area contributed by atoms with Gasteiger partial charge in [0.2, 0.25) is 11.7 Å². The van der Waals surface area contributed by atoms with Crippen molar-refractivity contribution in [3.8, 4) is 11.4 Å². The van der Waals surface area contributed by atoms with Gasteiger partial charge in [0.15, 0.2) is 0 Å². The zero-order valence-corrected chi connectivity index (χ0v) is 15.4. The molecule has 4 rings (SSSR count). The normalized spacial score (nSPS) is 16.9. The third-order valence-electron chi connectivity index (χ3n) is 4.60. The number of nitrogens with one attached hydrogen (secondary N) is 1. The van der Waals surface area contributed by atoms with Crippen molar-refractivity contribution < 1.29 is 9.32 Å². The van der Waals surface area contributed by atoms with Gasteiger partial charge in [-0.3, -0.25) is 0 Å². The monoisotopic (exact) mass is 382 g/mol. The number of rotatable bonds is 3. The summed E-state index contributed by atoms with van der Waals surface area (Å²) in [6, 6.07) is 16.3. The Kier molecular flexibility index (Phi) is 5.07. The number of amides is 2. The maximum absolute atomic E-state index is 12.8. The average molecular weight is 383 g/mol. The summed E-state index contributed by atoms with van der Waals surface area (Å²) in [4.78, 5) is 19.1. The van der Waals surface area contributed by atoms with Crippen molar-refractivity contribution in [2.24, 2.45) is 0 Å². The lowest BCUT2D eigenvalue weighted by Crippen LogP contribution is -2.41. The molecule has 27 heavy (non-hydrogen) atoms. The highest BCUT2D eigenvalue weighted by molar-refractivity contribution is 6.30. The summed E-state index contributed by atoms with van der Waals surface area (Å²) in [5.74, 6) is 1.00. The predicted molar refractivity (Wildman–Crippen MR) is 104 cm³/mol. The summed E-state index contributed by atoms with van der Waals surface area (Å²) in [6.45, 7) is 0.639. The van der Waals surface area contributed by atoms with Gasteiger partial charge >= 0.3 is 6.03 Å². The molecule has 2 aromatic carbocycles. The minimum Gasteiger partial charge on any atom is -0.337 e. The van der Waals surface area contributed by atoms with Crippen LogP contribution in [-0.2, 0) is 0 Å². The van der Waals surface area contributed by atoms with Crippen molar-refractivity contribution in [3.63, 3.8) is 0 Å². The summed E-state index contributed by atoms with van der Waals surface area (Å²) in [7, 11) is 0. The molecule has 1 aliphatic rings. The van der Waals surface area contributed by atoms with E-state index in [2.05, 4.69) is 15.5 Å². The van der Waals surface area contributed by atoms with E-state index in [9.17, 15) is 4.79 Å². The lowest BCUT2D eigenvalue weighted by molar-refractivity contribution is 0.142. The second-order valence-corrected chi connectivity index (χ2v) is 6.90. The van der Waals surface area contributed by atoms with E-state index in [0.29, 0.717) is 29.0 Å². The van der Waals surface area contributed by atoms with Crippen molar-refractivity contribution in [2.75, 3.05) is 11.9 Å². The lowest BCUT2D eigenvalue weighted by Gasteiger charge is -2.33. The molecule has 0 saturated carbocycles. The molecule has 0 bridgehead atoms. The molecule has 2 amide bonds. The molecule has 1 fully saturated rings. The van der Waals surface area contributed by atoms with Crippen LogP contribution in [0.2, 0.25) is 5.02 Å². The Morgan fingerprint density at radius 2 is 2.00 bits per heavy atom. The molecule has 0 radical (unpaired) electrons. The highest BCUT2D eigenvalue weighted by atomic mass is 35.5. The fraction of sp³-hybridized carbons (Fsp3) is 0.250. The van der Waals surface area contributed by atoms with Crippen molar-refractivity contribution in [1.29, 1.82) is 0 Å². The molecule has 1 N–H and O–H groups in total. The van der Waals surface area contributed by atoms with Gasteiger partial charge in [0, 0.05) is 22.8 Å². The molecule has 1 saturated heterocycles. The molecule has 7 heteroatoms. The Balaban J connectivity index is 1.54. The number of halogens is 1. The topological polar surface area (TPSA) is 71.3 Å². The second-order valence-electron chi connectivity index (χ2n) is 6.47. The van der Waals surface area contributed by atoms with E-state index in [1.165, 1.54) is 0 Å². The molecular formula is C20H19ClN4O2. The fourth-order valence-electron chi connectivity index (χ4n) is 3.27. The third kappa shape index (κ3) is 3.95. The van der Waals surface area contributed by atoms with E-state index in [1.807, 2.05) is 36.4 Å². The third-order valence-corrected chi connectivity index (χ3v) is 4.83. The number of carbonyl (C=O) groups excluding carboxylic acids is 1. The molecule has 1 aliphatic heterocycles. The second kappa shape index (κ2) is 7.80. The number of benzene rings is 2. The van der Waals surface area contributed by atoms with Crippen molar-refractivity contribution >= 4 is 23.3 Å². The number of nitrogens with zero attached hydrogens (tertiary/aromatic N) is 3. The smallest absolute Gasteiger partial charge is 0.322 e. The maximum atomic E-state index is 12.8. The van der Waals surface area contributed by atoms with Crippen LogP contribution < -0.4 is 5.32 Å². The Bertz CT molecular complexity index is 928. The maximum Gasteiger partial charge on any atom is 0.322 e. The van der Waals surface area contributed by atoms with E-state index in [4.69, 9.17) is 16.1 Å². The van der Waals surface area contributed by atoms with E-state index in [0.717, 1.165) is 24.8 Å². The van der Waals surface area contributed by atoms with Gasteiger partial charge in [-0.15, -0.1) is 0 Å². The van der Waals surface area contributed by atoms with Crippen LogP contribution in [0.3, 0.4) is 0 Å². The molecule has 0 spiro atoms. The minimum absolute atomic E-state index is 0.193. The molecule has 2 heterocycles. The van der Waals surface area contributed by atoms with Crippen LogP contribution >= 0.6 is 11.6 Å². The van der Waals surface area contributed by atoms with Crippen LogP contribution in [0.1, 0.15) is 31.2 Å². The van der Waals surface area contributed by atoms with Crippen LogP contribution in [0.4, 0.5) is 10.5 Å². The number of hydrogen-bond donors (Lipinski definition) is 1. The summed E-state index contributed by atoms with van der Waals surface area (Å²) in [6.07, 6.45) is 2.74. The first-order chi connectivity index (χ1) is 13.2. The highest BCUT2D eigenvalue weighted by Gasteiger charge is 2.32. The van der Waals surface area contributed by atoms with Gasteiger partial charge in [-0.2, -0.15) is 4.98 Å². The fourth-order valence-corrected chi connectivity index (χ4v) is 3.46. The van der Waals surface area contributed by atoms with Crippen LogP contribution in [0.15, 0.2) is 59.1 Å². The molecule has 1 atom stereocenters. The summed E-state index contributed by atoms with van der Waals surface area (Å²) in [5, 5.41) is 7.57. The number of anilines is 1. The van der Waals surface area contributed by atoms with Crippen molar-refractivity contribution in [3.05, 3.63) is 65.5 Å². The highest BCUT2D eigenvalue weighted by Crippen LogP contribution is 2.31. The zero-order valence-electron chi connectivity index (χ0n) is 14.6. The van der Waals surface area contributed by atoms with Gasteiger partial charge in [0.25, 0.3) is 0 Å². The number of urea groups is 1. The van der Waals surface area contributed by atoms with Gasteiger partial charge in [0.05, 0.1) is 0 Å². The SMILES string of the molecule is O=C(Nc1cccc(Cl)c1)N1CCCC[C@@H]1c1nc(-c2ccccc2)no1. The molecule has 6 nitrogen and oxygen atoms in total. The number of carbonyl (C=O) groups is 1. The van der Waals surface area contributed by atoms with Gasteiger partial charge in [0.1, 0.15) is 6.04 Å². The molecule has 1 aromatic heterocycles. The quantitative estimate of drug-likeness (QED) is 0.680.